The molecule has 0 unspecified atom stereocenters. The van der Waals surface area contributed by atoms with Gasteiger partial charge in [-0.05, 0) is 31.2 Å². The summed E-state index contributed by atoms with van der Waals surface area (Å²) in [5, 5.41) is 3.96. The van der Waals surface area contributed by atoms with Crippen molar-refractivity contribution >= 4 is 23.2 Å². The zero-order valence-corrected chi connectivity index (χ0v) is 9.99. The Kier molecular flexibility index (Phi) is 3.01. The predicted molar refractivity (Wildman–Crippen MR) is 65.6 cm³/mol. The molecular weight excluding hydrogens is 220 g/mol. The second kappa shape index (κ2) is 4.45. The van der Waals surface area contributed by atoms with E-state index in [0.717, 1.165) is 4.88 Å². The molecule has 0 aliphatic rings. The Bertz CT molecular complexity index is 537. The van der Waals surface area contributed by atoms with Crippen LogP contribution in [0.2, 0.25) is 0 Å². The Balaban J connectivity index is 2.10. The van der Waals surface area contributed by atoms with Crippen molar-refractivity contribution in [2.24, 2.45) is 7.05 Å². The van der Waals surface area contributed by atoms with E-state index in [1.165, 1.54) is 4.88 Å². The average Bonchev–Trinajstić information content (AvgIpc) is 2.84. The van der Waals surface area contributed by atoms with Gasteiger partial charge in [-0.1, -0.05) is 0 Å². The topological polar surface area (TPSA) is 34.9 Å². The molecule has 2 heterocycles. The molecule has 2 aromatic rings. The van der Waals surface area contributed by atoms with Crippen molar-refractivity contribution in [3.63, 3.8) is 0 Å². The Labute approximate surface area is 98.0 Å². The third-order valence-electron chi connectivity index (χ3n) is 2.15. The van der Waals surface area contributed by atoms with E-state index in [4.69, 9.17) is 0 Å². The van der Waals surface area contributed by atoms with Crippen molar-refractivity contribution in [3.05, 3.63) is 45.9 Å². The molecule has 0 fully saturated rings. The largest absolute Gasteiger partial charge is 0.289 e. The van der Waals surface area contributed by atoms with Crippen LogP contribution >= 0.6 is 11.3 Å². The van der Waals surface area contributed by atoms with Crippen LogP contribution in [-0.2, 0) is 7.05 Å². The van der Waals surface area contributed by atoms with E-state index in [1.807, 2.05) is 25.1 Å². The molecule has 0 aliphatic heterocycles. The van der Waals surface area contributed by atoms with E-state index in [9.17, 15) is 4.79 Å². The zero-order valence-electron chi connectivity index (χ0n) is 9.18. The maximum absolute atomic E-state index is 11.7. The van der Waals surface area contributed by atoms with Gasteiger partial charge < -0.3 is 0 Å². The summed E-state index contributed by atoms with van der Waals surface area (Å²) in [7, 11) is 1.79. The molecule has 82 valence electrons. The molecule has 2 aromatic heterocycles. The standard InChI is InChI=1S/C12H12N2OS/c1-9-3-4-11(16-9)5-6-12(15)10-7-13-14(2)8-10/h3-8H,1-2H3. The zero-order chi connectivity index (χ0) is 11.5. The van der Waals surface area contributed by atoms with Gasteiger partial charge in [-0.15, -0.1) is 11.3 Å². The van der Waals surface area contributed by atoms with E-state index in [2.05, 4.69) is 5.10 Å². The lowest BCUT2D eigenvalue weighted by Gasteiger charge is -1.87. The minimum Gasteiger partial charge on any atom is -0.289 e. The van der Waals surface area contributed by atoms with Gasteiger partial charge in [0.2, 0.25) is 0 Å². The SMILES string of the molecule is Cc1ccc(C=CC(=O)c2cnn(C)c2)s1. The summed E-state index contributed by atoms with van der Waals surface area (Å²) in [5.41, 5.74) is 0.618. The van der Waals surface area contributed by atoms with Gasteiger partial charge in [0.1, 0.15) is 0 Å². The maximum atomic E-state index is 11.7. The normalized spacial score (nSPS) is 11.1. The Morgan fingerprint density at radius 1 is 1.50 bits per heavy atom. The number of carbonyl (C=O) groups is 1. The van der Waals surface area contributed by atoms with Crippen LogP contribution in [0.15, 0.2) is 30.6 Å². The molecule has 0 aliphatic carbocycles. The summed E-state index contributed by atoms with van der Waals surface area (Å²) in [6.45, 7) is 2.05. The first-order valence-corrected chi connectivity index (χ1v) is 5.74. The first-order valence-electron chi connectivity index (χ1n) is 4.92. The number of allylic oxidation sites excluding steroid dienone is 1. The van der Waals surface area contributed by atoms with Crippen molar-refractivity contribution in [1.29, 1.82) is 0 Å². The van der Waals surface area contributed by atoms with Crippen LogP contribution in [0.1, 0.15) is 20.1 Å². The van der Waals surface area contributed by atoms with Crippen molar-refractivity contribution in [2.45, 2.75) is 6.92 Å². The molecule has 4 heteroatoms. The van der Waals surface area contributed by atoms with Gasteiger partial charge in [0.05, 0.1) is 11.8 Å². The molecular formula is C12H12N2OS. The Morgan fingerprint density at radius 2 is 2.31 bits per heavy atom. The molecule has 0 atom stereocenters. The number of hydrogen-bond donors (Lipinski definition) is 0. The van der Waals surface area contributed by atoms with Crippen LogP contribution in [0, 0.1) is 6.92 Å². The highest BCUT2D eigenvalue weighted by molar-refractivity contribution is 7.12. The van der Waals surface area contributed by atoms with Crippen LogP contribution in [-0.4, -0.2) is 15.6 Å². The average molecular weight is 232 g/mol. The Morgan fingerprint density at radius 3 is 2.88 bits per heavy atom. The van der Waals surface area contributed by atoms with Crippen LogP contribution < -0.4 is 0 Å². The number of rotatable bonds is 3. The number of carbonyl (C=O) groups excluding carboxylic acids is 1. The van der Waals surface area contributed by atoms with Crippen molar-refractivity contribution in [1.82, 2.24) is 9.78 Å². The van der Waals surface area contributed by atoms with Crippen LogP contribution in [0.4, 0.5) is 0 Å². The Hall–Kier alpha value is -1.68. The van der Waals surface area contributed by atoms with Crippen LogP contribution in [0.5, 0.6) is 0 Å². The fourth-order valence-corrected chi connectivity index (χ4v) is 2.13. The minimum absolute atomic E-state index is 0.0147. The lowest BCUT2D eigenvalue weighted by atomic mass is 10.2. The smallest absolute Gasteiger partial charge is 0.189 e. The highest BCUT2D eigenvalue weighted by Crippen LogP contribution is 2.16. The number of aromatic nitrogens is 2. The summed E-state index contributed by atoms with van der Waals surface area (Å²) < 4.78 is 1.62. The van der Waals surface area contributed by atoms with Gasteiger partial charge in [0.25, 0.3) is 0 Å². The first kappa shape index (κ1) is 10.8. The van der Waals surface area contributed by atoms with Crippen molar-refractivity contribution < 1.29 is 4.79 Å². The molecule has 2 rings (SSSR count). The van der Waals surface area contributed by atoms with Gasteiger partial charge in [-0.3, -0.25) is 9.48 Å². The molecule has 0 aromatic carbocycles. The van der Waals surface area contributed by atoms with Crippen LogP contribution in [0.25, 0.3) is 6.08 Å². The number of hydrogen-bond acceptors (Lipinski definition) is 3. The van der Waals surface area contributed by atoms with E-state index < -0.39 is 0 Å². The molecule has 0 saturated carbocycles. The van der Waals surface area contributed by atoms with Crippen molar-refractivity contribution in [2.75, 3.05) is 0 Å². The van der Waals surface area contributed by atoms with Gasteiger partial charge in [-0.2, -0.15) is 5.10 Å². The maximum Gasteiger partial charge on any atom is 0.189 e. The second-order valence-electron chi connectivity index (χ2n) is 3.55. The van der Waals surface area contributed by atoms with Gasteiger partial charge >= 0.3 is 0 Å². The molecule has 16 heavy (non-hydrogen) atoms. The summed E-state index contributed by atoms with van der Waals surface area (Å²) in [6, 6.07) is 4.05. The van der Waals surface area contributed by atoms with E-state index in [0.29, 0.717) is 5.56 Å². The number of aryl methyl sites for hydroxylation is 2. The second-order valence-corrected chi connectivity index (χ2v) is 4.87. The molecule has 0 radical (unpaired) electrons. The van der Waals surface area contributed by atoms with Crippen LogP contribution in [0.3, 0.4) is 0 Å². The summed E-state index contributed by atoms with van der Waals surface area (Å²) in [6.07, 6.45) is 6.72. The lowest BCUT2D eigenvalue weighted by Crippen LogP contribution is -1.91. The molecule has 0 bridgehead atoms. The summed E-state index contributed by atoms with van der Waals surface area (Å²) >= 11 is 1.67. The summed E-state index contributed by atoms with van der Waals surface area (Å²) in [4.78, 5) is 14.0. The first-order chi connectivity index (χ1) is 7.65. The fraction of sp³-hybridized carbons (Fsp3) is 0.167. The number of thiophene rings is 1. The third kappa shape index (κ3) is 2.46. The monoisotopic (exact) mass is 232 g/mol. The van der Waals surface area contributed by atoms with Gasteiger partial charge in [-0.25, -0.2) is 0 Å². The van der Waals surface area contributed by atoms with E-state index in [-0.39, 0.29) is 5.78 Å². The fourth-order valence-electron chi connectivity index (χ4n) is 1.35. The lowest BCUT2D eigenvalue weighted by molar-refractivity contribution is 0.104. The molecule has 0 spiro atoms. The quantitative estimate of drug-likeness (QED) is 0.602. The number of nitrogens with zero attached hydrogens (tertiary/aromatic N) is 2. The highest BCUT2D eigenvalue weighted by Gasteiger charge is 2.03. The molecule has 0 amide bonds. The van der Waals surface area contributed by atoms with Gasteiger partial charge in [0, 0.05) is 23.0 Å². The molecule has 0 N–H and O–H groups in total. The van der Waals surface area contributed by atoms with E-state index >= 15 is 0 Å². The van der Waals surface area contributed by atoms with Crippen molar-refractivity contribution in [3.8, 4) is 0 Å². The number of ketones is 1. The van der Waals surface area contributed by atoms with E-state index in [1.54, 1.807) is 41.5 Å². The predicted octanol–water partition coefficient (Wildman–Crippen LogP) is 2.69. The third-order valence-corrected chi connectivity index (χ3v) is 3.12. The molecule has 3 nitrogen and oxygen atoms in total. The minimum atomic E-state index is -0.0147. The summed E-state index contributed by atoms with van der Waals surface area (Å²) in [5.74, 6) is -0.0147. The highest BCUT2D eigenvalue weighted by atomic mass is 32.1. The molecule has 0 saturated heterocycles. The van der Waals surface area contributed by atoms with Gasteiger partial charge in [0.15, 0.2) is 5.78 Å².